The molecule has 2 rings (SSSR count). The largest absolute Gasteiger partial charge is 0.420 e. The zero-order valence-electron chi connectivity index (χ0n) is 6.55. The van der Waals surface area contributed by atoms with E-state index >= 15 is 0 Å². The van der Waals surface area contributed by atoms with Gasteiger partial charge in [0.1, 0.15) is 6.17 Å². The Morgan fingerprint density at radius 3 is 2.23 bits per heavy atom. The lowest BCUT2D eigenvalue weighted by Gasteiger charge is -2.34. The molecule has 2 bridgehead atoms. The van der Waals surface area contributed by atoms with Gasteiger partial charge in [-0.2, -0.15) is 13.2 Å². The molecule has 5 heteroatoms. The molecule has 4 atom stereocenters. The quantitative estimate of drug-likeness (QED) is 0.463. The summed E-state index contributed by atoms with van der Waals surface area (Å²) in [6.07, 6.45) is -4.35. The minimum absolute atomic E-state index is 0.0666. The Hall–Kier alpha value is -0.580. The predicted octanol–water partition coefficient (Wildman–Crippen LogP) is 1.82. The molecule has 0 amide bonds. The lowest BCUT2D eigenvalue weighted by Crippen LogP contribution is -2.55. The molecule has 0 spiro atoms. The van der Waals surface area contributed by atoms with Crippen LogP contribution in [0.25, 0.3) is 0 Å². The van der Waals surface area contributed by atoms with Crippen LogP contribution in [-0.2, 0) is 0 Å². The van der Waals surface area contributed by atoms with Crippen LogP contribution in [0.2, 0.25) is 0 Å². The van der Waals surface area contributed by atoms with Crippen molar-refractivity contribution in [3.05, 3.63) is 12.2 Å². The molecule has 1 N–H and O–H groups in total. The predicted molar refractivity (Wildman–Crippen MR) is 36.6 cm³/mol. The van der Waals surface area contributed by atoms with Crippen molar-refractivity contribution in [1.82, 2.24) is 0 Å². The van der Waals surface area contributed by atoms with E-state index in [2.05, 4.69) is 0 Å². The second kappa shape index (κ2) is 2.26. The lowest BCUT2D eigenvalue weighted by molar-refractivity contribution is -0.286. The fraction of sp³-hybridized carbons (Fsp3) is 0.750. The van der Waals surface area contributed by atoms with Gasteiger partial charge in [-0.3, -0.25) is 0 Å². The zero-order chi connectivity index (χ0) is 9.85. The third-order valence-electron chi connectivity index (χ3n) is 2.93. The Morgan fingerprint density at radius 1 is 1.31 bits per heavy atom. The van der Waals surface area contributed by atoms with Crippen LogP contribution in [0, 0.1) is 11.8 Å². The number of hydrogen-bond donors (Lipinski definition) is 1. The van der Waals surface area contributed by atoms with Gasteiger partial charge in [0.05, 0.1) is 0 Å². The van der Waals surface area contributed by atoms with Gasteiger partial charge in [-0.05, 0) is 6.42 Å². The molecule has 1 saturated carbocycles. The summed E-state index contributed by atoms with van der Waals surface area (Å²) in [7, 11) is 0. The fourth-order valence-corrected chi connectivity index (χ4v) is 2.17. The van der Waals surface area contributed by atoms with E-state index in [0.29, 0.717) is 0 Å². The number of aliphatic hydroxyl groups is 1. The summed E-state index contributed by atoms with van der Waals surface area (Å²) in [6.45, 7) is 0. The molecule has 0 radical (unpaired) electrons. The van der Waals surface area contributed by atoms with E-state index in [1.165, 1.54) is 12.2 Å². The first-order chi connectivity index (χ1) is 5.87. The van der Waals surface area contributed by atoms with Crippen molar-refractivity contribution in [2.45, 2.75) is 24.4 Å². The van der Waals surface area contributed by atoms with Crippen molar-refractivity contribution in [3.8, 4) is 0 Å². The van der Waals surface area contributed by atoms with Gasteiger partial charge in [0.25, 0.3) is 0 Å². The summed E-state index contributed by atoms with van der Waals surface area (Å²) in [6, 6.07) is 0. The first-order valence-corrected chi connectivity index (χ1v) is 3.99. The summed E-state index contributed by atoms with van der Waals surface area (Å²) >= 11 is 0. The van der Waals surface area contributed by atoms with Crippen molar-refractivity contribution in [2.24, 2.45) is 11.8 Å². The molecular weight excluding hydrogens is 188 g/mol. The molecular formula is C8H8F4O. The molecule has 0 saturated heterocycles. The summed E-state index contributed by atoms with van der Waals surface area (Å²) in [5.74, 6) is -1.87. The first kappa shape index (κ1) is 8.99. The third-order valence-corrected chi connectivity index (χ3v) is 2.93. The SMILES string of the molecule is OC1(C(F)(F)F)C2C=CC(C2)C1F. The normalized spacial score (nSPS) is 48.8. The number of alkyl halides is 4. The van der Waals surface area contributed by atoms with Crippen LogP contribution in [-0.4, -0.2) is 23.1 Å². The summed E-state index contributed by atoms with van der Waals surface area (Å²) in [5, 5.41) is 9.24. The van der Waals surface area contributed by atoms with Crippen LogP contribution < -0.4 is 0 Å². The van der Waals surface area contributed by atoms with Crippen molar-refractivity contribution in [2.75, 3.05) is 0 Å². The van der Waals surface area contributed by atoms with Crippen LogP contribution in [0.15, 0.2) is 12.2 Å². The van der Waals surface area contributed by atoms with Crippen molar-refractivity contribution in [1.29, 1.82) is 0 Å². The first-order valence-electron chi connectivity index (χ1n) is 3.99. The maximum absolute atomic E-state index is 13.1. The van der Waals surface area contributed by atoms with Gasteiger partial charge in [-0.25, -0.2) is 4.39 Å². The van der Waals surface area contributed by atoms with E-state index < -0.39 is 29.8 Å². The fourth-order valence-electron chi connectivity index (χ4n) is 2.17. The van der Waals surface area contributed by atoms with Crippen LogP contribution in [0.3, 0.4) is 0 Å². The number of halogens is 4. The average molecular weight is 196 g/mol. The van der Waals surface area contributed by atoms with E-state index in [1.54, 1.807) is 0 Å². The molecule has 0 aromatic heterocycles. The van der Waals surface area contributed by atoms with E-state index in [0.717, 1.165) is 0 Å². The molecule has 0 aliphatic heterocycles. The topological polar surface area (TPSA) is 20.2 Å². The molecule has 2 aliphatic rings. The molecule has 74 valence electrons. The van der Waals surface area contributed by atoms with Crippen LogP contribution in [0.4, 0.5) is 17.6 Å². The molecule has 0 aromatic rings. The molecule has 13 heavy (non-hydrogen) atoms. The van der Waals surface area contributed by atoms with Gasteiger partial charge in [-0.15, -0.1) is 0 Å². The number of hydrogen-bond acceptors (Lipinski definition) is 1. The zero-order valence-corrected chi connectivity index (χ0v) is 6.55. The van der Waals surface area contributed by atoms with Gasteiger partial charge in [0.15, 0.2) is 5.60 Å². The highest BCUT2D eigenvalue weighted by molar-refractivity contribution is 5.23. The Morgan fingerprint density at radius 2 is 1.92 bits per heavy atom. The van der Waals surface area contributed by atoms with Crippen LogP contribution >= 0.6 is 0 Å². The highest BCUT2D eigenvalue weighted by atomic mass is 19.4. The van der Waals surface area contributed by atoms with E-state index in [1.807, 2.05) is 0 Å². The smallest absolute Gasteiger partial charge is 0.378 e. The molecule has 0 aromatic carbocycles. The number of allylic oxidation sites excluding steroid dienone is 1. The Kier molecular flexibility index (Phi) is 1.56. The second-order valence-corrected chi connectivity index (χ2v) is 3.62. The Balaban J connectivity index is 2.39. The Labute approximate surface area is 72.0 Å². The van der Waals surface area contributed by atoms with Gasteiger partial charge in [0, 0.05) is 11.8 Å². The average Bonchev–Trinajstić information content (AvgIpc) is 2.53. The Bertz CT molecular complexity index is 259. The number of fused-ring (bicyclic) bond motifs is 2. The molecule has 1 fully saturated rings. The maximum atomic E-state index is 13.1. The van der Waals surface area contributed by atoms with Gasteiger partial charge < -0.3 is 5.11 Å². The van der Waals surface area contributed by atoms with Gasteiger partial charge >= 0.3 is 6.18 Å². The van der Waals surface area contributed by atoms with Crippen LogP contribution in [0.1, 0.15) is 6.42 Å². The maximum Gasteiger partial charge on any atom is 0.420 e. The van der Waals surface area contributed by atoms with Crippen molar-refractivity contribution >= 4 is 0 Å². The van der Waals surface area contributed by atoms with Crippen molar-refractivity contribution in [3.63, 3.8) is 0 Å². The van der Waals surface area contributed by atoms with Gasteiger partial charge in [0.2, 0.25) is 0 Å². The monoisotopic (exact) mass is 196 g/mol. The van der Waals surface area contributed by atoms with E-state index in [4.69, 9.17) is 0 Å². The van der Waals surface area contributed by atoms with Crippen LogP contribution in [0.5, 0.6) is 0 Å². The highest BCUT2D eigenvalue weighted by Gasteiger charge is 2.69. The molecule has 2 aliphatic carbocycles. The second-order valence-electron chi connectivity index (χ2n) is 3.62. The van der Waals surface area contributed by atoms with E-state index in [9.17, 15) is 22.7 Å². The van der Waals surface area contributed by atoms with Gasteiger partial charge in [-0.1, -0.05) is 12.2 Å². The van der Waals surface area contributed by atoms with Crippen molar-refractivity contribution < 1.29 is 22.7 Å². The van der Waals surface area contributed by atoms with E-state index in [-0.39, 0.29) is 6.42 Å². The summed E-state index contributed by atoms with van der Waals surface area (Å²) in [4.78, 5) is 0. The summed E-state index contributed by atoms with van der Waals surface area (Å²) in [5.41, 5.74) is -3.15. The molecule has 0 heterocycles. The highest BCUT2D eigenvalue weighted by Crippen LogP contribution is 2.54. The number of rotatable bonds is 0. The minimum Gasteiger partial charge on any atom is -0.378 e. The third kappa shape index (κ3) is 0.907. The lowest BCUT2D eigenvalue weighted by atomic mass is 9.86. The minimum atomic E-state index is -4.88. The molecule has 1 nitrogen and oxygen atoms in total. The molecule has 4 unspecified atom stereocenters. The standard InChI is InChI=1S/C8H8F4O/c9-6-4-1-2-5(3-4)7(6,13)8(10,11)12/h1-2,4-6,13H,3H2. The summed E-state index contributed by atoms with van der Waals surface area (Å²) < 4.78 is 50.1.